The summed E-state index contributed by atoms with van der Waals surface area (Å²) in [5.41, 5.74) is 1.53. The maximum Gasteiger partial charge on any atom is 0.330 e. The van der Waals surface area contributed by atoms with Crippen LogP contribution < -0.4 is 0 Å². The molecule has 1 aliphatic carbocycles. The van der Waals surface area contributed by atoms with E-state index in [0.29, 0.717) is 5.92 Å². The van der Waals surface area contributed by atoms with Gasteiger partial charge in [-0.05, 0) is 30.6 Å². The summed E-state index contributed by atoms with van der Waals surface area (Å²) in [6.45, 7) is 6.69. The Morgan fingerprint density at radius 1 is 1.50 bits per heavy atom. The molecule has 80 valence electrons. The van der Waals surface area contributed by atoms with E-state index in [1.165, 1.54) is 25.5 Å². The summed E-state index contributed by atoms with van der Waals surface area (Å²) in [5.74, 6) is 0.331. The predicted molar refractivity (Wildman–Crippen MR) is 56.9 cm³/mol. The third-order valence-corrected chi connectivity index (χ3v) is 2.96. The molecule has 1 fully saturated rings. The summed E-state index contributed by atoms with van der Waals surface area (Å²) in [6.07, 6.45) is 5.14. The van der Waals surface area contributed by atoms with Gasteiger partial charge in [0.15, 0.2) is 0 Å². The molecular weight excluding hydrogens is 176 g/mol. The Hall–Kier alpha value is -0.790. The lowest BCUT2D eigenvalue weighted by molar-refractivity contribution is -0.134. The van der Waals surface area contributed by atoms with Crippen molar-refractivity contribution in [2.45, 2.75) is 40.0 Å². The van der Waals surface area contributed by atoms with Gasteiger partial charge >= 0.3 is 5.97 Å². The first-order valence-electron chi connectivity index (χ1n) is 5.23. The quantitative estimate of drug-likeness (QED) is 0.476. The van der Waals surface area contributed by atoms with Crippen molar-refractivity contribution < 1.29 is 9.53 Å². The van der Waals surface area contributed by atoms with Gasteiger partial charge in [0.05, 0.1) is 7.11 Å². The van der Waals surface area contributed by atoms with Crippen molar-refractivity contribution in [2.24, 2.45) is 11.3 Å². The first kappa shape index (κ1) is 11.3. The summed E-state index contributed by atoms with van der Waals surface area (Å²) in [5, 5.41) is 0. The van der Waals surface area contributed by atoms with E-state index in [1.54, 1.807) is 6.08 Å². The van der Waals surface area contributed by atoms with Crippen LogP contribution in [-0.2, 0) is 9.53 Å². The molecule has 0 aromatic heterocycles. The summed E-state index contributed by atoms with van der Waals surface area (Å²) in [6, 6.07) is 0. The molecule has 0 N–H and O–H groups in total. The second-order valence-electron chi connectivity index (χ2n) is 5.05. The normalized spacial score (nSPS) is 25.4. The van der Waals surface area contributed by atoms with Crippen molar-refractivity contribution >= 4 is 5.97 Å². The zero-order chi connectivity index (χ0) is 10.8. The number of allylic oxidation sites excluding steroid dienone is 1. The summed E-state index contributed by atoms with van der Waals surface area (Å²) in [7, 11) is 1.43. The van der Waals surface area contributed by atoms with E-state index in [2.05, 4.69) is 25.5 Å². The maximum atomic E-state index is 11.1. The van der Waals surface area contributed by atoms with Gasteiger partial charge in [-0.3, -0.25) is 0 Å². The number of ether oxygens (including phenoxy) is 1. The zero-order valence-electron chi connectivity index (χ0n) is 9.59. The lowest BCUT2D eigenvalue weighted by atomic mass is 9.77. The number of methoxy groups -OCH3 is 1. The number of hydrogen-bond donors (Lipinski definition) is 0. The van der Waals surface area contributed by atoms with Gasteiger partial charge in [0.25, 0.3) is 0 Å². The maximum absolute atomic E-state index is 11.1. The molecule has 1 rings (SSSR count). The molecule has 1 saturated carbocycles. The van der Waals surface area contributed by atoms with Crippen molar-refractivity contribution in [1.29, 1.82) is 0 Å². The number of esters is 1. The number of carbonyl (C=O) groups excluding carboxylic acids is 1. The molecule has 0 radical (unpaired) electrons. The molecule has 1 aliphatic rings. The molecule has 0 saturated heterocycles. The molecule has 0 aliphatic heterocycles. The molecule has 0 aromatic rings. The van der Waals surface area contributed by atoms with Crippen LogP contribution in [0, 0.1) is 11.3 Å². The van der Waals surface area contributed by atoms with Gasteiger partial charge in [-0.1, -0.05) is 26.3 Å². The van der Waals surface area contributed by atoms with Crippen LogP contribution in [-0.4, -0.2) is 13.1 Å². The van der Waals surface area contributed by atoms with E-state index in [4.69, 9.17) is 0 Å². The average molecular weight is 196 g/mol. The van der Waals surface area contributed by atoms with Gasteiger partial charge in [-0.15, -0.1) is 0 Å². The van der Waals surface area contributed by atoms with Gasteiger partial charge in [-0.2, -0.15) is 0 Å². The smallest absolute Gasteiger partial charge is 0.330 e. The molecule has 0 bridgehead atoms. The standard InChI is InChI=1S/C12H20O2/c1-12(2,3)10-7-5-6-9(10)8-11(13)14-4/h8,10H,5-7H2,1-4H3/b9-8-. The van der Waals surface area contributed by atoms with Gasteiger partial charge in [-0.25, -0.2) is 4.79 Å². The topological polar surface area (TPSA) is 26.3 Å². The minimum Gasteiger partial charge on any atom is -0.466 e. The molecule has 0 aromatic carbocycles. The Morgan fingerprint density at radius 2 is 2.14 bits per heavy atom. The zero-order valence-corrected chi connectivity index (χ0v) is 9.59. The summed E-state index contributed by atoms with van der Waals surface area (Å²) >= 11 is 0. The average Bonchev–Trinajstić information content (AvgIpc) is 2.51. The molecule has 2 heteroatoms. The highest BCUT2D eigenvalue weighted by Crippen LogP contribution is 2.42. The van der Waals surface area contributed by atoms with Crippen LogP contribution in [0.5, 0.6) is 0 Å². The lowest BCUT2D eigenvalue weighted by Gasteiger charge is -2.28. The van der Waals surface area contributed by atoms with Crippen molar-refractivity contribution in [2.75, 3.05) is 7.11 Å². The summed E-state index contributed by atoms with van der Waals surface area (Å²) in [4.78, 5) is 11.1. The largest absolute Gasteiger partial charge is 0.466 e. The van der Waals surface area contributed by atoms with E-state index in [-0.39, 0.29) is 11.4 Å². The fraction of sp³-hybridized carbons (Fsp3) is 0.750. The highest BCUT2D eigenvalue weighted by molar-refractivity contribution is 5.82. The van der Waals surface area contributed by atoms with Crippen LogP contribution in [0.4, 0.5) is 0 Å². The lowest BCUT2D eigenvalue weighted by Crippen LogP contribution is -2.19. The number of carbonyl (C=O) groups is 1. The fourth-order valence-electron chi connectivity index (χ4n) is 2.24. The van der Waals surface area contributed by atoms with E-state index < -0.39 is 0 Å². The van der Waals surface area contributed by atoms with E-state index in [9.17, 15) is 4.79 Å². The molecule has 0 amide bonds. The Bertz CT molecular complexity index is 246. The SMILES string of the molecule is COC(=O)/C=C1/CCCC1C(C)(C)C. The van der Waals surface area contributed by atoms with Crippen LogP contribution in [0.25, 0.3) is 0 Å². The molecule has 14 heavy (non-hydrogen) atoms. The molecular formula is C12H20O2. The molecule has 2 nitrogen and oxygen atoms in total. The minimum atomic E-state index is -0.212. The Labute approximate surface area is 86.3 Å². The summed E-state index contributed by atoms with van der Waals surface area (Å²) < 4.78 is 4.66. The minimum absolute atomic E-state index is 0.212. The first-order valence-corrected chi connectivity index (χ1v) is 5.23. The molecule has 0 spiro atoms. The predicted octanol–water partition coefficient (Wildman–Crippen LogP) is 2.93. The van der Waals surface area contributed by atoms with E-state index >= 15 is 0 Å². The molecule has 1 atom stereocenters. The number of hydrogen-bond acceptors (Lipinski definition) is 2. The molecule has 0 heterocycles. The van der Waals surface area contributed by atoms with Gasteiger partial charge < -0.3 is 4.74 Å². The van der Waals surface area contributed by atoms with Crippen LogP contribution in [0.1, 0.15) is 40.0 Å². The highest BCUT2D eigenvalue weighted by atomic mass is 16.5. The Morgan fingerprint density at radius 3 is 2.64 bits per heavy atom. The van der Waals surface area contributed by atoms with E-state index in [0.717, 1.165) is 6.42 Å². The number of rotatable bonds is 1. The second-order valence-corrected chi connectivity index (χ2v) is 5.05. The second kappa shape index (κ2) is 4.16. The van der Waals surface area contributed by atoms with Crippen LogP contribution in [0.2, 0.25) is 0 Å². The van der Waals surface area contributed by atoms with Crippen LogP contribution >= 0.6 is 0 Å². The third kappa shape index (κ3) is 2.60. The Kier molecular flexibility index (Phi) is 3.35. The van der Waals surface area contributed by atoms with Crippen LogP contribution in [0.3, 0.4) is 0 Å². The van der Waals surface area contributed by atoms with Crippen molar-refractivity contribution in [3.05, 3.63) is 11.6 Å². The van der Waals surface area contributed by atoms with Gasteiger partial charge in [0.1, 0.15) is 0 Å². The van der Waals surface area contributed by atoms with Crippen LogP contribution in [0.15, 0.2) is 11.6 Å². The highest BCUT2D eigenvalue weighted by Gasteiger charge is 2.31. The van der Waals surface area contributed by atoms with Gasteiger partial charge in [0.2, 0.25) is 0 Å². The van der Waals surface area contributed by atoms with Crippen molar-refractivity contribution in [3.8, 4) is 0 Å². The Balaban J connectivity index is 2.79. The van der Waals surface area contributed by atoms with E-state index in [1.807, 2.05) is 0 Å². The third-order valence-electron chi connectivity index (χ3n) is 2.96. The van der Waals surface area contributed by atoms with Crippen molar-refractivity contribution in [3.63, 3.8) is 0 Å². The first-order chi connectivity index (χ1) is 6.45. The monoisotopic (exact) mass is 196 g/mol. The van der Waals surface area contributed by atoms with Gasteiger partial charge in [0, 0.05) is 6.08 Å². The van der Waals surface area contributed by atoms with Crippen molar-refractivity contribution in [1.82, 2.24) is 0 Å². The fourth-order valence-corrected chi connectivity index (χ4v) is 2.24. The molecule has 1 unspecified atom stereocenters.